The number of rotatable bonds is 7. The quantitative estimate of drug-likeness (QED) is 0.487. The lowest BCUT2D eigenvalue weighted by atomic mass is 9.99. The van der Waals surface area contributed by atoms with Gasteiger partial charge in [-0.05, 0) is 35.7 Å². The third kappa shape index (κ3) is 5.55. The number of nitrogens with zero attached hydrogens (tertiary/aromatic N) is 5. The zero-order valence-corrected chi connectivity index (χ0v) is 21.1. The van der Waals surface area contributed by atoms with Gasteiger partial charge in [-0.15, -0.1) is 0 Å². The number of sulfone groups is 1. The predicted molar refractivity (Wildman–Crippen MR) is 128 cm³/mol. The van der Waals surface area contributed by atoms with Crippen molar-refractivity contribution in [1.82, 2.24) is 25.3 Å². The third-order valence-corrected chi connectivity index (χ3v) is 7.73. The van der Waals surface area contributed by atoms with E-state index in [-0.39, 0.29) is 47.2 Å². The van der Waals surface area contributed by atoms with Gasteiger partial charge in [0, 0.05) is 25.1 Å². The van der Waals surface area contributed by atoms with Crippen LogP contribution in [0.15, 0.2) is 47.8 Å². The van der Waals surface area contributed by atoms with Gasteiger partial charge in [-0.1, -0.05) is 20.8 Å². The van der Waals surface area contributed by atoms with E-state index in [9.17, 15) is 26.4 Å². The Labute approximate surface area is 212 Å². The van der Waals surface area contributed by atoms with E-state index in [1.807, 2.05) is 13.8 Å². The molecular formula is C24H25F3N6O3S. The monoisotopic (exact) mass is 534 g/mol. The summed E-state index contributed by atoms with van der Waals surface area (Å²) in [6.45, 7) is 5.66. The fraction of sp³-hybridized carbons (Fsp3) is 0.375. The van der Waals surface area contributed by atoms with Gasteiger partial charge in [-0.25, -0.2) is 18.4 Å². The van der Waals surface area contributed by atoms with Gasteiger partial charge in [-0.3, -0.25) is 14.8 Å². The molecule has 0 fully saturated rings. The van der Waals surface area contributed by atoms with Gasteiger partial charge in [0.25, 0.3) is 5.91 Å². The predicted octanol–water partition coefficient (Wildman–Crippen LogP) is 3.73. The minimum atomic E-state index is -4.60. The van der Waals surface area contributed by atoms with Crippen LogP contribution >= 0.6 is 0 Å². The molecule has 1 amide bonds. The fourth-order valence-electron chi connectivity index (χ4n) is 4.12. The van der Waals surface area contributed by atoms with Gasteiger partial charge in [-0.2, -0.15) is 13.2 Å². The standard InChI is InChI=1S/C24H25F3N6O3S/c1-4-37(35,36)18-6-5-17(29-12-18)11-31-22(34)15-9-16-13-33(21(14(2)3)20(16)30-10-15)23-28-8-7-19(32-23)24(25,26)27/h5-10,12,14,21H,4,11,13H2,1-3H3,(H,31,34)/t21-/m0/s1. The number of aromatic nitrogens is 4. The summed E-state index contributed by atoms with van der Waals surface area (Å²) in [5.74, 6) is -0.531. The molecular weight excluding hydrogens is 509 g/mol. The molecule has 4 heterocycles. The first-order valence-corrected chi connectivity index (χ1v) is 13.2. The first kappa shape index (κ1) is 26.5. The Kier molecular flexibility index (Phi) is 7.18. The molecule has 0 radical (unpaired) electrons. The highest BCUT2D eigenvalue weighted by Gasteiger charge is 2.38. The molecule has 0 unspecified atom stereocenters. The number of halogens is 3. The summed E-state index contributed by atoms with van der Waals surface area (Å²) in [5.41, 5.74) is 1.07. The molecule has 0 spiro atoms. The van der Waals surface area contributed by atoms with Crippen LogP contribution in [-0.4, -0.2) is 40.0 Å². The summed E-state index contributed by atoms with van der Waals surface area (Å²) in [7, 11) is -3.37. The van der Waals surface area contributed by atoms with Crippen molar-refractivity contribution < 1.29 is 26.4 Å². The van der Waals surface area contributed by atoms with E-state index in [0.717, 1.165) is 12.3 Å². The van der Waals surface area contributed by atoms with Crippen molar-refractivity contribution in [2.45, 2.75) is 51.0 Å². The van der Waals surface area contributed by atoms with E-state index >= 15 is 0 Å². The summed E-state index contributed by atoms with van der Waals surface area (Å²) in [4.78, 5) is 30.9. The Morgan fingerprint density at radius 3 is 2.54 bits per heavy atom. The van der Waals surface area contributed by atoms with Crippen molar-refractivity contribution >= 4 is 21.7 Å². The van der Waals surface area contributed by atoms with Gasteiger partial charge in [0.05, 0.1) is 40.2 Å². The van der Waals surface area contributed by atoms with E-state index in [0.29, 0.717) is 17.0 Å². The average Bonchev–Trinajstić information content (AvgIpc) is 3.26. The largest absolute Gasteiger partial charge is 0.433 e. The fourth-order valence-corrected chi connectivity index (χ4v) is 4.94. The first-order valence-electron chi connectivity index (χ1n) is 11.5. The SMILES string of the molecule is CCS(=O)(=O)c1ccc(CNC(=O)c2cnc3c(c2)CN(c2nccc(C(F)(F)F)n2)[C@H]3C(C)C)nc1. The number of carbonyl (C=O) groups excluding carboxylic acids is 1. The van der Waals surface area contributed by atoms with E-state index in [1.165, 1.54) is 24.5 Å². The summed E-state index contributed by atoms with van der Waals surface area (Å²) in [6, 6.07) is 5.09. The van der Waals surface area contributed by atoms with Crippen LogP contribution in [0.4, 0.5) is 19.1 Å². The zero-order chi connectivity index (χ0) is 27.0. The van der Waals surface area contributed by atoms with Crippen LogP contribution in [0, 0.1) is 5.92 Å². The second-order valence-electron chi connectivity index (χ2n) is 8.90. The molecule has 1 N–H and O–H groups in total. The van der Waals surface area contributed by atoms with Gasteiger partial charge in [0.15, 0.2) is 9.84 Å². The van der Waals surface area contributed by atoms with Gasteiger partial charge >= 0.3 is 6.18 Å². The number of fused-ring (bicyclic) bond motifs is 1. The zero-order valence-electron chi connectivity index (χ0n) is 20.3. The highest BCUT2D eigenvalue weighted by Crippen LogP contribution is 2.40. The lowest BCUT2D eigenvalue weighted by molar-refractivity contribution is -0.141. The molecule has 37 heavy (non-hydrogen) atoms. The van der Waals surface area contributed by atoms with Crippen LogP contribution in [0.5, 0.6) is 0 Å². The number of anilines is 1. The Morgan fingerprint density at radius 2 is 1.92 bits per heavy atom. The molecule has 4 rings (SSSR count). The molecule has 13 heteroatoms. The van der Waals surface area contributed by atoms with Crippen LogP contribution in [0.25, 0.3) is 0 Å². The van der Waals surface area contributed by atoms with Crippen LogP contribution in [0.2, 0.25) is 0 Å². The van der Waals surface area contributed by atoms with Gasteiger partial charge < -0.3 is 10.2 Å². The second kappa shape index (κ2) is 10.0. The number of carbonyl (C=O) groups is 1. The molecule has 0 bridgehead atoms. The van der Waals surface area contributed by atoms with Crippen molar-refractivity contribution in [3.8, 4) is 0 Å². The highest BCUT2D eigenvalue weighted by molar-refractivity contribution is 7.91. The maximum absolute atomic E-state index is 13.2. The molecule has 1 aliphatic rings. The smallest absolute Gasteiger partial charge is 0.346 e. The first-order chi connectivity index (χ1) is 17.4. The van der Waals surface area contributed by atoms with E-state index in [4.69, 9.17) is 0 Å². The molecule has 196 valence electrons. The summed E-state index contributed by atoms with van der Waals surface area (Å²) in [5, 5.41) is 2.73. The average molecular weight is 535 g/mol. The molecule has 0 aliphatic carbocycles. The molecule has 0 saturated heterocycles. The molecule has 1 atom stereocenters. The van der Waals surface area contributed by atoms with Crippen LogP contribution in [-0.2, 0) is 29.1 Å². The number of hydrogen-bond acceptors (Lipinski definition) is 8. The van der Waals surface area contributed by atoms with E-state index < -0.39 is 27.6 Å². The van der Waals surface area contributed by atoms with Gasteiger partial charge in [0.1, 0.15) is 5.69 Å². The summed E-state index contributed by atoms with van der Waals surface area (Å²) < 4.78 is 63.4. The molecule has 9 nitrogen and oxygen atoms in total. The Hall–Kier alpha value is -3.61. The van der Waals surface area contributed by atoms with E-state index in [1.54, 1.807) is 17.9 Å². The molecule has 1 aliphatic heterocycles. The topological polar surface area (TPSA) is 118 Å². The highest BCUT2D eigenvalue weighted by atomic mass is 32.2. The van der Waals surface area contributed by atoms with Crippen molar-refractivity contribution in [2.24, 2.45) is 5.92 Å². The summed E-state index contributed by atoms with van der Waals surface area (Å²) >= 11 is 0. The normalized spacial score (nSPS) is 15.6. The number of alkyl halides is 3. The lowest BCUT2D eigenvalue weighted by Crippen LogP contribution is -2.28. The Balaban J connectivity index is 1.51. The molecule has 3 aromatic rings. The minimum Gasteiger partial charge on any atom is -0.346 e. The van der Waals surface area contributed by atoms with Crippen molar-refractivity contribution in [3.63, 3.8) is 0 Å². The second-order valence-corrected chi connectivity index (χ2v) is 11.2. The number of nitrogens with one attached hydrogen (secondary N) is 1. The number of pyridine rings is 2. The molecule has 0 aromatic carbocycles. The minimum absolute atomic E-state index is 0.0165. The third-order valence-electron chi connectivity index (χ3n) is 6.01. The summed E-state index contributed by atoms with van der Waals surface area (Å²) in [6.07, 6.45) is -0.839. The number of hydrogen-bond donors (Lipinski definition) is 1. The molecule has 0 saturated carbocycles. The van der Waals surface area contributed by atoms with Crippen LogP contribution in [0.3, 0.4) is 0 Å². The maximum atomic E-state index is 13.2. The maximum Gasteiger partial charge on any atom is 0.433 e. The number of amides is 1. The van der Waals surface area contributed by atoms with Crippen LogP contribution < -0.4 is 10.2 Å². The molecule has 3 aromatic heterocycles. The van der Waals surface area contributed by atoms with Crippen LogP contribution in [0.1, 0.15) is 59.8 Å². The van der Waals surface area contributed by atoms with Gasteiger partial charge in [0.2, 0.25) is 5.95 Å². The van der Waals surface area contributed by atoms with Crippen molar-refractivity contribution in [2.75, 3.05) is 10.7 Å². The Morgan fingerprint density at radius 1 is 1.16 bits per heavy atom. The van der Waals surface area contributed by atoms with E-state index in [2.05, 4.69) is 25.3 Å². The van der Waals surface area contributed by atoms with Crippen molar-refractivity contribution in [3.05, 3.63) is 71.1 Å². The Bertz CT molecular complexity index is 1410. The lowest BCUT2D eigenvalue weighted by Gasteiger charge is -2.27. The van der Waals surface area contributed by atoms with Crippen molar-refractivity contribution in [1.29, 1.82) is 0 Å².